The van der Waals surface area contributed by atoms with Gasteiger partial charge < -0.3 is 4.74 Å². The summed E-state index contributed by atoms with van der Waals surface area (Å²) in [6, 6.07) is 7.51. The molecule has 1 amide bonds. The monoisotopic (exact) mass is 287 g/mol. The van der Waals surface area contributed by atoms with Gasteiger partial charge in [-0.1, -0.05) is 26.0 Å². The van der Waals surface area contributed by atoms with E-state index < -0.39 is 6.04 Å². The van der Waals surface area contributed by atoms with Crippen molar-refractivity contribution in [1.82, 2.24) is 0 Å². The molecule has 112 valence electrons. The van der Waals surface area contributed by atoms with Crippen molar-refractivity contribution in [3.63, 3.8) is 0 Å². The molecular formula is C17H21NO3. The van der Waals surface area contributed by atoms with Crippen molar-refractivity contribution in [1.29, 1.82) is 0 Å². The second-order valence-corrected chi connectivity index (χ2v) is 6.20. The summed E-state index contributed by atoms with van der Waals surface area (Å²) in [5, 5.41) is 0. The lowest BCUT2D eigenvalue weighted by Crippen LogP contribution is -2.44. The molecule has 1 saturated carbocycles. The molecule has 0 aromatic heterocycles. The first-order chi connectivity index (χ1) is 10.1. The number of esters is 1. The lowest BCUT2D eigenvalue weighted by Gasteiger charge is -2.27. The van der Waals surface area contributed by atoms with E-state index in [0.717, 1.165) is 18.5 Å². The molecule has 21 heavy (non-hydrogen) atoms. The van der Waals surface area contributed by atoms with Crippen LogP contribution in [-0.4, -0.2) is 24.5 Å². The molecule has 4 nitrogen and oxygen atoms in total. The zero-order valence-corrected chi connectivity index (χ0v) is 12.5. The van der Waals surface area contributed by atoms with E-state index in [9.17, 15) is 9.59 Å². The van der Waals surface area contributed by atoms with Gasteiger partial charge in [-0.2, -0.15) is 0 Å². The Hall–Kier alpha value is -1.84. The van der Waals surface area contributed by atoms with Gasteiger partial charge in [0.1, 0.15) is 6.04 Å². The van der Waals surface area contributed by atoms with Crippen molar-refractivity contribution < 1.29 is 14.3 Å². The number of anilines is 1. The van der Waals surface area contributed by atoms with Gasteiger partial charge in [0.15, 0.2) is 0 Å². The number of carbonyl (C=O) groups is 2. The summed E-state index contributed by atoms with van der Waals surface area (Å²) >= 11 is 0. The molecule has 2 fully saturated rings. The van der Waals surface area contributed by atoms with Crippen LogP contribution in [-0.2, 0) is 14.3 Å². The maximum Gasteiger partial charge on any atom is 0.329 e. The van der Waals surface area contributed by atoms with Crippen molar-refractivity contribution in [2.45, 2.75) is 45.1 Å². The van der Waals surface area contributed by atoms with Crippen LogP contribution in [0.2, 0.25) is 0 Å². The Labute approximate surface area is 125 Å². The smallest absolute Gasteiger partial charge is 0.329 e. The van der Waals surface area contributed by atoms with Crippen LogP contribution in [0, 0.1) is 5.92 Å². The maximum atomic E-state index is 12.6. The van der Waals surface area contributed by atoms with Crippen LogP contribution >= 0.6 is 0 Å². The quantitative estimate of drug-likeness (QED) is 0.800. The lowest BCUT2D eigenvalue weighted by molar-refractivity contribution is -0.140. The van der Waals surface area contributed by atoms with E-state index in [-0.39, 0.29) is 17.8 Å². The van der Waals surface area contributed by atoms with Gasteiger partial charge in [-0.05, 0) is 36.5 Å². The summed E-state index contributed by atoms with van der Waals surface area (Å²) in [6.45, 7) is 4.68. The Morgan fingerprint density at radius 3 is 2.33 bits per heavy atom. The highest BCUT2D eigenvalue weighted by molar-refractivity contribution is 6.02. The minimum Gasteiger partial charge on any atom is -0.464 e. The summed E-state index contributed by atoms with van der Waals surface area (Å²) in [4.78, 5) is 26.1. The fraction of sp³-hybridized carbons (Fsp3) is 0.529. The fourth-order valence-corrected chi connectivity index (χ4v) is 2.73. The first-order valence-electron chi connectivity index (χ1n) is 7.67. The maximum absolute atomic E-state index is 12.6. The first kappa shape index (κ1) is 14.1. The molecule has 2 aliphatic rings. The van der Waals surface area contributed by atoms with Crippen LogP contribution in [0.25, 0.3) is 0 Å². The van der Waals surface area contributed by atoms with Crippen LogP contribution in [0.4, 0.5) is 5.69 Å². The summed E-state index contributed by atoms with van der Waals surface area (Å²) < 4.78 is 5.05. The molecule has 1 heterocycles. The van der Waals surface area contributed by atoms with E-state index in [0.29, 0.717) is 18.9 Å². The Morgan fingerprint density at radius 2 is 1.86 bits per heavy atom. The van der Waals surface area contributed by atoms with Crippen LogP contribution in [0.5, 0.6) is 0 Å². The number of benzene rings is 1. The summed E-state index contributed by atoms with van der Waals surface area (Å²) in [7, 11) is 0. The molecule has 0 radical (unpaired) electrons. The predicted octanol–water partition coefficient (Wildman–Crippen LogP) is 2.87. The SMILES string of the molecule is CC(C)c1ccc(N(C(=O)C2CC2)C2CCOC2=O)cc1. The Morgan fingerprint density at radius 1 is 1.19 bits per heavy atom. The molecule has 1 aliphatic heterocycles. The van der Waals surface area contributed by atoms with E-state index in [4.69, 9.17) is 4.74 Å². The zero-order valence-electron chi connectivity index (χ0n) is 12.5. The molecule has 1 aliphatic carbocycles. The van der Waals surface area contributed by atoms with Gasteiger partial charge in [-0.3, -0.25) is 9.69 Å². The molecular weight excluding hydrogens is 266 g/mol. The second-order valence-electron chi connectivity index (χ2n) is 6.20. The molecule has 0 spiro atoms. The molecule has 0 bridgehead atoms. The van der Waals surface area contributed by atoms with Crippen molar-refractivity contribution in [3.05, 3.63) is 29.8 Å². The van der Waals surface area contributed by atoms with Gasteiger partial charge in [-0.25, -0.2) is 4.79 Å². The minimum atomic E-state index is -0.456. The molecule has 1 saturated heterocycles. The lowest BCUT2D eigenvalue weighted by atomic mass is 10.0. The number of cyclic esters (lactones) is 1. The number of rotatable bonds is 4. The van der Waals surface area contributed by atoms with Gasteiger partial charge in [-0.15, -0.1) is 0 Å². The number of carbonyl (C=O) groups excluding carboxylic acids is 2. The molecule has 1 atom stereocenters. The molecule has 3 rings (SSSR count). The second kappa shape index (κ2) is 5.51. The summed E-state index contributed by atoms with van der Waals surface area (Å²) in [5.41, 5.74) is 2.03. The van der Waals surface area contributed by atoms with Crippen LogP contribution in [0.1, 0.15) is 44.6 Å². The van der Waals surface area contributed by atoms with Gasteiger partial charge in [0.05, 0.1) is 6.61 Å². The van der Waals surface area contributed by atoms with E-state index in [1.54, 1.807) is 4.90 Å². The Kier molecular flexibility index (Phi) is 3.70. The Bertz CT molecular complexity index is 546. The largest absolute Gasteiger partial charge is 0.464 e. The minimum absolute atomic E-state index is 0.0659. The van der Waals surface area contributed by atoms with Gasteiger partial charge in [0.25, 0.3) is 0 Å². The molecule has 1 aromatic rings. The van der Waals surface area contributed by atoms with Crippen LogP contribution in [0.3, 0.4) is 0 Å². The normalized spacial score (nSPS) is 21.5. The molecule has 4 heteroatoms. The van der Waals surface area contributed by atoms with Crippen LogP contribution in [0.15, 0.2) is 24.3 Å². The van der Waals surface area contributed by atoms with Crippen molar-refractivity contribution in [2.24, 2.45) is 5.92 Å². The average molecular weight is 287 g/mol. The highest BCUT2D eigenvalue weighted by Crippen LogP contribution is 2.35. The predicted molar refractivity (Wildman–Crippen MR) is 80.1 cm³/mol. The van der Waals surface area contributed by atoms with E-state index in [2.05, 4.69) is 13.8 Å². The third-order valence-corrected chi connectivity index (χ3v) is 4.22. The topological polar surface area (TPSA) is 46.6 Å². The number of hydrogen-bond acceptors (Lipinski definition) is 3. The third kappa shape index (κ3) is 2.80. The van der Waals surface area contributed by atoms with Gasteiger partial charge in [0.2, 0.25) is 5.91 Å². The molecule has 1 aromatic carbocycles. The summed E-state index contributed by atoms with van der Waals surface area (Å²) in [6.07, 6.45) is 2.45. The van der Waals surface area contributed by atoms with E-state index in [1.807, 2.05) is 24.3 Å². The number of nitrogens with zero attached hydrogens (tertiary/aromatic N) is 1. The number of amides is 1. The van der Waals surface area contributed by atoms with Crippen LogP contribution < -0.4 is 4.90 Å². The highest BCUT2D eigenvalue weighted by Gasteiger charge is 2.42. The standard InChI is InChI=1S/C17H21NO3/c1-11(2)12-5-7-14(8-6-12)18(16(19)13-3-4-13)15-9-10-21-17(15)20/h5-8,11,13,15H,3-4,9-10H2,1-2H3. The van der Waals surface area contributed by atoms with E-state index in [1.165, 1.54) is 5.56 Å². The Balaban J connectivity index is 1.90. The first-order valence-corrected chi connectivity index (χ1v) is 7.67. The van der Waals surface area contributed by atoms with Crippen molar-refractivity contribution in [2.75, 3.05) is 11.5 Å². The molecule has 0 N–H and O–H groups in total. The number of ether oxygens (including phenoxy) is 1. The van der Waals surface area contributed by atoms with Crippen molar-refractivity contribution >= 4 is 17.6 Å². The zero-order chi connectivity index (χ0) is 15.0. The summed E-state index contributed by atoms with van der Waals surface area (Å²) in [5.74, 6) is 0.319. The molecule has 1 unspecified atom stereocenters. The average Bonchev–Trinajstić information content (AvgIpc) is 3.24. The number of hydrogen-bond donors (Lipinski definition) is 0. The van der Waals surface area contributed by atoms with Gasteiger partial charge >= 0.3 is 5.97 Å². The van der Waals surface area contributed by atoms with E-state index >= 15 is 0 Å². The van der Waals surface area contributed by atoms with Crippen molar-refractivity contribution in [3.8, 4) is 0 Å². The third-order valence-electron chi connectivity index (χ3n) is 4.22. The highest BCUT2D eigenvalue weighted by atomic mass is 16.5. The fourth-order valence-electron chi connectivity index (χ4n) is 2.73. The van der Waals surface area contributed by atoms with Gasteiger partial charge in [0, 0.05) is 18.0 Å².